The number of aliphatic imine (C=N–C) groups is 1. The summed E-state index contributed by atoms with van der Waals surface area (Å²) in [5.74, 6) is 0. The van der Waals surface area contributed by atoms with Crippen LogP contribution in [0.25, 0.3) is 0 Å². The van der Waals surface area contributed by atoms with E-state index in [9.17, 15) is 0 Å². The Kier molecular flexibility index (Phi) is 5.40. The van der Waals surface area contributed by atoms with E-state index in [1.54, 1.807) is 18.6 Å². The van der Waals surface area contributed by atoms with Crippen molar-refractivity contribution in [3.8, 4) is 0 Å². The second-order valence-electron chi connectivity index (χ2n) is 5.08. The van der Waals surface area contributed by atoms with Gasteiger partial charge in [0.1, 0.15) is 0 Å². The normalized spacial score (nSPS) is 25.0. The molecule has 0 spiro atoms. The molecule has 0 aliphatic carbocycles. The average Bonchev–Trinajstić information content (AvgIpc) is 2.47. The molecule has 0 saturated heterocycles. The molecule has 2 rings (SSSR count). The van der Waals surface area contributed by atoms with Gasteiger partial charge in [-0.15, -0.1) is 0 Å². The highest BCUT2D eigenvalue weighted by Crippen LogP contribution is 2.15. The summed E-state index contributed by atoms with van der Waals surface area (Å²) in [6.07, 6.45) is 11.6. The first-order valence-electron chi connectivity index (χ1n) is 6.93. The highest BCUT2D eigenvalue weighted by atomic mass is 16.5. The monoisotopic (exact) mass is 274 g/mol. The molecule has 5 heteroatoms. The van der Waals surface area contributed by atoms with Crippen molar-refractivity contribution in [3.05, 3.63) is 42.4 Å². The largest absolute Gasteiger partial charge is 0.381 e. The van der Waals surface area contributed by atoms with Gasteiger partial charge in [0.05, 0.1) is 11.6 Å². The minimum absolute atomic E-state index is 0.244. The topological polar surface area (TPSA) is 86.5 Å². The van der Waals surface area contributed by atoms with E-state index in [0.717, 1.165) is 19.4 Å². The maximum atomic E-state index is 6.22. The van der Waals surface area contributed by atoms with Crippen molar-refractivity contribution in [3.63, 3.8) is 0 Å². The molecule has 2 atom stereocenters. The Bertz CT molecular complexity index is 460. The van der Waals surface area contributed by atoms with Crippen LogP contribution in [-0.4, -0.2) is 36.0 Å². The van der Waals surface area contributed by atoms with E-state index < -0.39 is 5.54 Å². The minimum atomic E-state index is -0.537. The quantitative estimate of drug-likeness (QED) is 0.727. The van der Waals surface area contributed by atoms with E-state index in [-0.39, 0.29) is 6.04 Å². The number of rotatable bonds is 7. The highest BCUT2D eigenvalue weighted by molar-refractivity contribution is 5.69. The summed E-state index contributed by atoms with van der Waals surface area (Å²) >= 11 is 0. The molecule has 1 aliphatic heterocycles. The lowest BCUT2D eigenvalue weighted by atomic mass is 9.88. The van der Waals surface area contributed by atoms with E-state index >= 15 is 0 Å². The van der Waals surface area contributed by atoms with Gasteiger partial charge in [-0.1, -0.05) is 6.07 Å². The first-order chi connectivity index (χ1) is 9.71. The van der Waals surface area contributed by atoms with Gasteiger partial charge in [-0.05, 0) is 37.0 Å². The van der Waals surface area contributed by atoms with Gasteiger partial charge >= 0.3 is 0 Å². The van der Waals surface area contributed by atoms with E-state index in [1.165, 1.54) is 5.56 Å². The predicted molar refractivity (Wildman–Crippen MR) is 80.5 cm³/mol. The number of aromatic nitrogens is 1. The Morgan fingerprint density at radius 3 is 3.00 bits per heavy atom. The summed E-state index contributed by atoms with van der Waals surface area (Å²) in [4.78, 5) is 8.07. The summed E-state index contributed by atoms with van der Waals surface area (Å²) in [7, 11) is 0. The summed E-state index contributed by atoms with van der Waals surface area (Å²) in [5.41, 5.74) is 12.9. The molecule has 1 aromatic rings. The molecular weight excluding hydrogens is 252 g/mol. The highest BCUT2D eigenvalue weighted by Gasteiger charge is 2.29. The van der Waals surface area contributed by atoms with Crippen molar-refractivity contribution in [2.45, 2.75) is 30.8 Å². The van der Waals surface area contributed by atoms with Gasteiger partial charge in [0, 0.05) is 38.0 Å². The Labute approximate surface area is 119 Å². The Balaban J connectivity index is 1.60. The van der Waals surface area contributed by atoms with Gasteiger partial charge in [0.2, 0.25) is 0 Å². The fourth-order valence-electron chi connectivity index (χ4n) is 2.10. The molecule has 0 fully saturated rings. The van der Waals surface area contributed by atoms with Crippen molar-refractivity contribution in [1.29, 1.82) is 0 Å². The van der Waals surface area contributed by atoms with Gasteiger partial charge in [-0.2, -0.15) is 0 Å². The number of nitrogens with two attached hydrogens (primary N) is 2. The molecule has 108 valence electrons. The molecular formula is C15H22N4O. The van der Waals surface area contributed by atoms with Gasteiger partial charge < -0.3 is 16.2 Å². The lowest BCUT2D eigenvalue weighted by molar-refractivity contribution is 0.117. The predicted octanol–water partition coefficient (Wildman–Crippen LogP) is 1.04. The SMILES string of the molecule is NC1C=NC=CC1(N)CCOCCCc1cccnc1. The number of ether oxygens (including phenoxy) is 1. The van der Waals surface area contributed by atoms with E-state index in [0.29, 0.717) is 13.0 Å². The standard InChI is InChI=1S/C15H22N4O/c16-14-12-19-8-5-15(14,17)6-10-20-9-2-4-13-3-1-7-18-11-13/h1,3,5,7-8,11-12,14H,2,4,6,9-10,16-17H2. The smallest absolute Gasteiger partial charge is 0.0620 e. The second kappa shape index (κ2) is 7.28. The van der Waals surface area contributed by atoms with Gasteiger partial charge in [0.15, 0.2) is 0 Å². The van der Waals surface area contributed by atoms with Crippen LogP contribution in [-0.2, 0) is 11.2 Å². The average molecular weight is 274 g/mol. The van der Waals surface area contributed by atoms with Crippen LogP contribution in [0.15, 0.2) is 41.8 Å². The van der Waals surface area contributed by atoms with Crippen LogP contribution < -0.4 is 11.5 Å². The minimum Gasteiger partial charge on any atom is -0.381 e. The van der Waals surface area contributed by atoms with Crippen LogP contribution in [0.4, 0.5) is 0 Å². The zero-order chi connectivity index (χ0) is 14.3. The van der Waals surface area contributed by atoms with Crippen LogP contribution >= 0.6 is 0 Å². The molecule has 0 amide bonds. The molecule has 0 radical (unpaired) electrons. The van der Waals surface area contributed by atoms with Gasteiger partial charge in [-0.25, -0.2) is 0 Å². The summed E-state index contributed by atoms with van der Waals surface area (Å²) < 4.78 is 5.64. The van der Waals surface area contributed by atoms with Crippen molar-refractivity contribution in [2.75, 3.05) is 13.2 Å². The van der Waals surface area contributed by atoms with E-state index in [4.69, 9.17) is 16.2 Å². The Morgan fingerprint density at radius 2 is 2.25 bits per heavy atom. The fraction of sp³-hybridized carbons (Fsp3) is 0.467. The molecule has 2 heterocycles. The third-order valence-corrected chi connectivity index (χ3v) is 3.49. The number of hydrogen-bond acceptors (Lipinski definition) is 5. The van der Waals surface area contributed by atoms with E-state index in [1.807, 2.05) is 18.3 Å². The van der Waals surface area contributed by atoms with Crippen molar-refractivity contribution in [1.82, 2.24) is 4.98 Å². The van der Waals surface area contributed by atoms with Crippen LogP contribution in [0.2, 0.25) is 0 Å². The molecule has 2 unspecified atom stereocenters. The fourth-order valence-corrected chi connectivity index (χ4v) is 2.10. The summed E-state index contributed by atoms with van der Waals surface area (Å²) in [6.45, 7) is 1.33. The van der Waals surface area contributed by atoms with Crippen LogP contribution in [0.5, 0.6) is 0 Å². The third-order valence-electron chi connectivity index (χ3n) is 3.49. The molecule has 20 heavy (non-hydrogen) atoms. The van der Waals surface area contributed by atoms with Crippen LogP contribution in [0.1, 0.15) is 18.4 Å². The third kappa shape index (κ3) is 4.23. The van der Waals surface area contributed by atoms with Crippen molar-refractivity contribution < 1.29 is 4.74 Å². The summed E-state index contributed by atoms with van der Waals surface area (Å²) in [6, 6.07) is 3.78. The van der Waals surface area contributed by atoms with Crippen LogP contribution in [0.3, 0.4) is 0 Å². The molecule has 0 saturated carbocycles. The first-order valence-corrected chi connectivity index (χ1v) is 6.93. The molecule has 1 aliphatic rings. The zero-order valence-electron chi connectivity index (χ0n) is 11.6. The van der Waals surface area contributed by atoms with E-state index in [2.05, 4.69) is 16.0 Å². The Morgan fingerprint density at radius 1 is 1.35 bits per heavy atom. The van der Waals surface area contributed by atoms with Gasteiger partial charge in [0.25, 0.3) is 0 Å². The van der Waals surface area contributed by atoms with Crippen molar-refractivity contribution >= 4 is 6.21 Å². The lowest BCUT2D eigenvalue weighted by Gasteiger charge is -2.31. The Hall–Kier alpha value is -1.56. The second-order valence-corrected chi connectivity index (χ2v) is 5.08. The number of nitrogens with zero attached hydrogens (tertiary/aromatic N) is 2. The number of pyridine rings is 1. The molecule has 5 nitrogen and oxygen atoms in total. The van der Waals surface area contributed by atoms with Crippen molar-refractivity contribution in [2.24, 2.45) is 16.5 Å². The molecule has 0 aromatic carbocycles. The maximum Gasteiger partial charge on any atom is 0.0620 e. The van der Waals surface area contributed by atoms with Crippen LogP contribution in [0, 0.1) is 0 Å². The summed E-state index contributed by atoms with van der Waals surface area (Å²) in [5, 5.41) is 0. The number of aryl methyl sites for hydroxylation is 1. The lowest BCUT2D eigenvalue weighted by Crippen LogP contribution is -2.56. The molecule has 4 N–H and O–H groups in total. The number of hydrogen-bond donors (Lipinski definition) is 2. The molecule has 0 bridgehead atoms. The van der Waals surface area contributed by atoms with Gasteiger partial charge in [-0.3, -0.25) is 9.98 Å². The maximum absolute atomic E-state index is 6.22. The first kappa shape index (κ1) is 14.8. The zero-order valence-corrected chi connectivity index (χ0v) is 11.6. The molecule has 1 aromatic heterocycles.